The molecule has 4 N–H and O–H groups in total. The molecule has 0 spiro atoms. The molecule has 2 aromatic rings. The molecule has 0 saturated carbocycles. The standard InChI is InChI=1S/C16H15Cl2N3O3/c1-9(15(22)21-19)24-12-5-2-10(3-6-12)16(23)20-14-8-11(17)4-7-13(14)18/h2-9H,19H2,1H3,(H,20,23)(H,21,22). The number of ether oxygens (including phenoxy) is 1. The van der Waals surface area contributed by atoms with Crippen molar-refractivity contribution in [2.75, 3.05) is 5.32 Å². The van der Waals surface area contributed by atoms with Crippen molar-refractivity contribution >= 4 is 40.7 Å². The molecule has 1 unspecified atom stereocenters. The smallest absolute Gasteiger partial charge is 0.274 e. The number of carbonyl (C=O) groups excluding carboxylic acids is 2. The minimum atomic E-state index is -0.750. The summed E-state index contributed by atoms with van der Waals surface area (Å²) in [7, 11) is 0. The van der Waals surface area contributed by atoms with Crippen LogP contribution in [0.1, 0.15) is 17.3 Å². The fourth-order valence-electron chi connectivity index (χ4n) is 1.85. The van der Waals surface area contributed by atoms with Crippen LogP contribution in [0.5, 0.6) is 5.75 Å². The predicted octanol–water partition coefficient (Wildman–Crippen LogP) is 3.00. The van der Waals surface area contributed by atoms with Gasteiger partial charge in [-0.1, -0.05) is 23.2 Å². The summed E-state index contributed by atoms with van der Waals surface area (Å²) in [5.74, 6) is 4.67. The fraction of sp³-hybridized carbons (Fsp3) is 0.125. The van der Waals surface area contributed by atoms with Crippen LogP contribution in [-0.2, 0) is 4.79 Å². The first-order valence-electron chi connectivity index (χ1n) is 6.94. The summed E-state index contributed by atoms with van der Waals surface area (Å²) in [6.45, 7) is 1.56. The van der Waals surface area contributed by atoms with Crippen LogP contribution in [0, 0.1) is 0 Å². The lowest BCUT2D eigenvalue weighted by molar-refractivity contribution is -0.127. The van der Waals surface area contributed by atoms with E-state index in [-0.39, 0.29) is 5.91 Å². The Kier molecular flexibility index (Phi) is 6.03. The van der Waals surface area contributed by atoms with Crippen LogP contribution in [0.15, 0.2) is 42.5 Å². The molecule has 2 rings (SSSR count). The van der Waals surface area contributed by atoms with Crippen molar-refractivity contribution in [1.29, 1.82) is 0 Å². The van der Waals surface area contributed by atoms with Crippen LogP contribution in [0.2, 0.25) is 10.0 Å². The summed E-state index contributed by atoms with van der Waals surface area (Å²) in [5, 5.41) is 3.53. The summed E-state index contributed by atoms with van der Waals surface area (Å²) in [4.78, 5) is 23.5. The van der Waals surface area contributed by atoms with E-state index in [0.717, 1.165) is 0 Å². The largest absolute Gasteiger partial charge is 0.481 e. The third kappa shape index (κ3) is 4.61. The van der Waals surface area contributed by atoms with Gasteiger partial charge in [0.05, 0.1) is 10.7 Å². The second-order valence-corrected chi connectivity index (χ2v) is 5.71. The first kappa shape index (κ1) is 18.1. The third-order valence-electron chi connectivity index (χ3n) is 3.12. The molecule has 0 fully saturated rings. The van der Waals surface area contributed by atoms with Crippen molar-refractivity contribution in [1.82, 2.24) is 5.43 Å². The molecule has 8 heteroatoms. The molecule has 2 amide bonds. The van der Waals surface area contributed by atoms with Crippen molar-refractivity contribution in [3.8, 4) is 5.75 Å². The molecule has 0 saturated heterocycles. The van der Waals surface area contributed by atoms with Crippen LogP contribution < -0.4 is 21.3 Å². The van der Waals surface area contributed by atoms with E-state index in [1.807, 2.05) is 5.43 Å². The number of hydrogen-bond donors (Lipinski definition) is 3. The topological polar surface area (TPSA) is 93.4 Å². The second kappa shape index (κ2) is 8.01. The number of carbonyl (C=O) groups is 2. The van der Waals surface area contributed by atoms with Gasteiger partial charge in [0.1, 0.15) is 5.75 Å². The number of nitrogens with one attached hydrogen (secondary N) is 2. The average Bonchev–Trinajstić information content (AvgIpc) is 2.57. The Morgan fingerprint density at radius 3 is 2.42 bits per heavy atom. The number of anilines is 1. The zero-order chi connectivity index (χ0) is 17.7. The molecule has 1 atom stereocenters. The molecule has 6 nitrogen and oxygen atoms in total. The zero-order valence-electron chi connectivity index (χ0n) is 12.7. The van der Waals surface area contributed by atoms with Crippen LogP contribution in [0.4, 0.5) is 5.69 Å². The molecular formula is C16H15Cl2N3O3. The number of nitrogens with two attached hydrogens (primary N) is 1. The van der Waals surface area contributed by atoms with E-state index in [1.165, 1.54) is 0 Å². The van der Waals surface area contributed by atoms with Crippen molar-refractivity contribution < 1.29 is 14.3 Å². The number of hydrogen-bond acceptors (Lipinski definition) is 4. The van der Waals surface area contributed by atoms with Crippen LogP contribution in [-0.4, -0.2) is 17.9 Å². The Morgan fingerprint density at radius 2 is 1.79 bits per heavy atom. The Hall–Kier alpha value is -2.28. The highest BCUT2D eigenvalue weighted by Crippen LogP contribution is 2.26. The van der Waals surface area contributed by atoms with Gasteiger partial charge in [0.25, 0.3) is 11.8 Å². The van der Waals surface area contributed by atoms with Crippen LogP contribution in [0.25, 0.3) is 0 Å². The minimum absolute atomic E-state index is 0.349. The Balaban J connectivity index is 2.06. The molecular weight excluding hydrogens is 353 g/mol. The van der Waals surface area contributed by atoms with Gasteiger partial charge in [0, 0.05) is 10.6 Å². The quantitative estimate of drug-likeness (QED) is 0.430. The molecule has 0 heterocycles. The lowest BCUT2D eigenvalue weighted by Crippen LogP contribution is -2.40. The van der Waals surface area contributed by atoms with Gasteiger partial charge in [0.2, 0.25) is 0 Å². The number of rotatable bonds is 5. The number of benzene rings is 2. The average molecular weight is 368 g/mol. The molecule has 2 aromatic carbocycles. The van der Waals surface area contributed by atoms with E-state index in [2.05, 4.69) is 5.32 Å². The van der Waals surface area contributed by atoms with E-state index >= 15 is 0 Å². The van der Waals surface area contributed by atoms with E-state index in [9.17, 15) is 9.59 Å². The molecule has 0 aliphatic rings. The first-order chi connectivity index (χ1) is 11.4. The van der Waals surface area contributed by atoms with Crippen LogP contribution in [0.3, 0.4) is 0 Å². The van der Waals surface area contributed by atoms with Gasteiger partial charge in [-0.2, -0.15) is 0 Å². The lowest BCUT2D eigenvalue weighted by Gasteiger charge is -2.13. The summed E-state index contributed by atoms with van der Waals surface area (Å²) in [6.07, 6.45) is -0.750. The van der Waals surface area contributed by atoms with Crippen LogP contribution >= 0.6 is 23.2 Å². The fourth-order valence-corrected chi connectivity index (χ4v) is 2.18. The normalized spacial score (nSPS) is 11.5. The zero-order valence-corrected chi connectivity index (χ0v) is 14.2. The third-order valence-corrected chi connectivity index (χ3v) is 3.68. The maximum atomic E-state index is 12.2. The maximum Gasteiger partial charge on any atom is 0.274 e. The van der Waals surface area contributed by atoms with Crippen molar-refractivity contribution in [3.63, 3.8) is 0 Å². The Labute approximate surface area is 148 Å². The van der Waals surface area contributed by atoms with Gasteiger partial charge in [-0.05, 0) is 49.4 Å². The highest BCUT2D eigenvalue weighted by atomic mass is 35.5. The van der Waals surface area contributed by atoms with Crippen molar-refractivity contribution in [3.05, 3.63) is 58.1 Å². The molecule has 0 aromatic heterocycles. The molecule has 0 aliphatic heterocycles. The summed E-state index contributed by atoms with van der Waals surface area (Å²) in [5.41, 5.74) is 2.82. The molecule has 0 radical (unpaired) electrons. The second-order valence-electron chi connectivity index (χ2n) is 4.87. The molecule has 0 aliphatic carbocycles. The lowest BCUT2D eigenvalue weighted by atomic mass is 10.2. The highest BCUT2D eigenvalue weighted by Gasteiger charge is 2.14. The number of amides is 2. The Bertz CT molecular complexity index is 751. The van der Waals surface area contributed by atoms with E-state index in [0.29, 0.717) is 27.0 Å². The maximum absolute atomic E-state index is 12.2. The van der Waals surface area contributed by atoms with Gasteiger partial charge >= 0.3 is 0 Å². The van der Waals surface area contributed by atoms with Crippen molar-refractivity contribution in [2.24, 2.45) is 5.84 Å². The predicted molar refractivity (Wildman–Crippen MR) is 93.3 cm³/mol. The minimum Gasteiger partial charge on any atom is -0.481 e. The summed E-state index contributed by atoms with van der Waals surface area (Å²) < 4.78 is 5.39. The van der Waals surface area contributed by atoms with Gasteiger partial charge in [-0.3, -0.25) is 15.0 Å². The molecule has 24 heavy (non-hydrogen) atoms. The van der Waals surface area contributed by atoms with Crippen molar-refractivity contribution in [2.45, 2.75) is 13.0 Å². The number of hydrazine groups is 1. The van der Waals surface area contributed by atoms with E-state index in [4.69, 9.17) is 33.8 Å². The summed E-state index contributed by atoms with van der Waals surface area (Å²) >= 11 is 11.9. The van der Waals surface area contributed by atoms with E-state index in [1.54, 1.807) is 49.4 Å². The Morgan fingerprint density at radius 1 is 1.12 bits per heavy atom. The highest BCUT2D eigenvalue weighted by molar-refractivity contribution is 6.35. The van der Waals surface area contributed by atoms with Gasteiger partial charge in [-0.25, -0.2) is 5.84 Å². The first-order valence-corrected chi connectivity index (χ1v) is 7.70. The van der Waals surface area contributed by atoms with Gasteiger partial charge in [-0.15, -0.1) is 0 Å². The molecule has 126 valence electrons. The van der Waals surface area contributed by atoms with Gasteiger partial charge in [0.15, 0.2) is 6.10 Å². The van der Waals surface area contributed by atoms with E-state index < -0.39 is 12.0 Å². The van der Waals surface area contributed by atoms with Gasteiger partial charge < -0.3 is 10.1 Å². The molecule has 0 bridgehead atoms. The summed E-state index contributed by atoms with van der Waals surface area (Å²) in [6, 6.07) is 11.1. The number of halogens is 2. The SMILES string of the molecule is CC(Oc1ccc(C(=O)Nc2cc(Cl)ccc2Cl)cc1)C(=O)NN. The monoisotopic (exact) mass is 367 g/mol.